The van der Waals surface area contributed by atoms with Crippen molar-refractivity contribution in [1.82, 2.24) is 9.62 Å². The van der Waals surface area contributed by atoms with Crippen LogP contribution in [-0.2, 0) is 14.8 Å². The number of nitrogens with one attached hydrogen (secondary N) is 1. The minimum absolute atomic E-state index is 0.188. The van der Waals surface area contributed by atoms with Crippen LogP contribution in [-0.4, -0.2) is 38.4 Å². The molecule has 134 valence electrons. The topological polar surface area (TPSA) is 66.5 Å². The highest BCUT2D eigenvalue weighted by Gasteiger charge is 2.28. The van der Waals surface area contributed by atoms with E-state index < -0.39 is 10.0 Å². The van der Waals surface area contributed by atoms with Gasteiger partial charge in [0, 0.05) is 25.6 Å². The Morgan fingerprint density at radius 3 is 2.67 bits per heavy atom. The van der Waals surface area contributed by atoms with E-state index in [4.69, 9.17) is 0 Å². The number of rotatable bonds is 5. The van der Waals surface area contributed by atoms with Gasteiger partial charge in [-0.15, -0.1) is 11.3 Å². The van der Waals surface area contributed by atoms with E-state index in [1.807, 2.05) is 4.90 Å². The van der Waals surface area contributed by atoms with Gasteiger partial charge in [-0.3, -0.25) is 4.79 Å². The molecule has 0 unspecified atom stereocenters. The zero-order valence-electron chi connectivity index (χ0n) is 13.9. The molecule has 1 saturated carbocycles. The Morgan fingerprint density at radius 2 is 1.96 bits per heavy atom. The summed E-state index contributed by atoms with van der Waals surface area (Å²) in [6.07, 6.45) is 8.12. The van der Waals surface area contributed by atoms with Crippen molar-refractivity contribution in [1.29, 1.82) is 0 Å². The largest absolute Gasteiger partial charge is 0.341 e. The third-order valence-corrected chi connectivity index (χ3v) is 7.96. The fraction of sp³-hybridized carbons (Fsp3) is 0.706. The standard InChI is InChI=1S/C17H26N2O3S2/c20-16(12-14-6-1-2-7-14)19-10-4-3-8-15(13-19)18-24(21,22)17-9-5-11-23-17/h5,9,11,14-15,18H,1-4,6-8,10,12-13H2/t15-/m0/s1. The van der Waals surface area contributed by atoms with Crippen LogP contribution in [0.2, 0.25) is 0 Å². The Bertz CT molecular complexity index is 637. The molecular formula is C17H26N2O3S2. The van der Waals surface area contributed by atoms with Gasteiger partial charge in [0.1, 0.15) is 4.21 Å². The van der Waals surface area contributed by atoms with Crippen LogP contribution >= 0.6 is 11.3 Å². The molecule has 0 spiro atoms. The van der Waals surface area contributed by atoms with Gasteiger partial charge < -0.3 is 4.90 Å². The van der Waals surface area contributed by atoms with E-state index in [1.165, 1.54) is 24.2 Å². The number of carbonyl (C=O) groups excluding carboxylic acids is 1. The van der Waals surface area contributed by atoms with E-state index in [1.54, 1.807) is 17.5 Å². The molecule has 1 aromatic rings. The summed E-state index contributed by atoms with van der Waals surface area (Å²) in [6, 6.07) is 3.17. The van der Waals surface area contributed by atoms with Gasteiger partial charge in [-0.05, 0) is 43.0 Å². The Kier molecular flexibility index (Phi) is 5.94. The van der Waals surface area contributed by atoms with Crippen molar-refractivity contribution in [3.05, 3.63) is 17.5 Å². The van der Waals surface area contributed by atoms with Crippen molar-refractivity contribution < 1.29 is 13.2 Å². The molecule has 3 rings (SSSR count). The van der Waals surface area contributed by atoms with E-state index in [9.17, 15) is 13.2 Å². The molecule has 1 aliphatic carbocycles. The zero-order chi connectivity index (χ0) is 17.0. The van der Waals surface area contributed by atoms with Crippen LogP contribution < -0.4 is 4.72 Å². The molecule has 1 aromatic heterocycles. The number of likely N-dealkylation sites (tertiary alicyclic amines) is 1. The summed E-state index contributed by atoms with van der Waals surface area (Å²) in [7, 11) is -3.47. The van der Waals surface area contributed by atoms with E-state index in [0.29, 0.717) is 23.1 Å². The van der Waals surface area contributed by atoms with Gasteiger partial charge >= 0.3 is 0 Å². The Labute approximate surface area is 148 Å². The van der Waals surface area contributed by atoms with Crippen LogP contribution in [0.3, 0.4) is 0 Å². The van der Waals surface area contributed by atoms with Crippen LogP contribution in [0.4, 0.5) is 0 Å². The summed E-state index contributed by atoms with van der Waals surface area (Å²) in [5.41, 5.74) is 0. The lowest BCUT2D eigenvalue weighted by Gasteiger charge is -2.26. The van der Waals surface area contributed by atoms with Gasteiger partial charge in [0.2, 0.25) is 15.9 Å². The maximum Gasteiger partial charge on any atom is 0.250 e. The summed E-state index contributed by atoms with van der Waals surface area (Å²) in [6.45, 7) is 1.25. The van der Waals surface area contributed by atoms with Crippen molar-refractivity contribution in [3.63, 3.8) is 0 Å². The molecule has 24 heavy (non-hydrogen) atoms. The maximum absolute atomic E-state index is 12.6. The van der Waals surface area contributed by atoms with Crippen molar-refractivity contribution in [2.75, 3.05) is 13.1 Å². The Morgan fingerprint density at radius 1 is 1.21 bits per heavy atom. The predicted molar refractivity (Wildman–Crippen MR) is 95.4 cm³/mol. The normalized spacial score (nSPS) is 23.3. The molecule has 2 aliphatic rings. The molecule has 5 nitrogen and oxygen atoms in total. The van der Waals surface area contributed by atoms with Gasteiger partial charge in [-0.25, -0.2) is 13.1 Å². The fourth-order valence-corrected chi connectivity index (χ4v) is 6.02. The zero-order valence-corrected chi connectivity index (χ0v) is 15.6. The molecule has 7 heteroatoms. The monoisotopic (exact) mass is 370 g/mol. The Balaban J connectivity index is 1.61. The van der Waals surface area contributed by atoms with Gasteiger partial charge in [0.25, 0.3) is 0 Å². The second-order valence-corrected chi connectivity index (χ2v) is 9.83. The Hall–Kier alpha value is -0.920. The van der Waals surface area contributed by atoms with E-state index in [-0.39, 0.29) is 11.9 Å². The first-order valence-electron chi connectivity index (χ1n) is 8.88. The molecule has 1 amide bonds. The molecule has 0 bridgehead atoms. The average molecular weight is 371 g/mol. The van der Waals surface area contributed by atoms with Crippen molar-refractivity contribution in [3.8, 4) is 0 Å². The SMILES string of the molecule is O=C(CC1CCCC1)N1CCCC[C@H](NS(=O)(=O)c2cccs2)C1. The van der Waals surface area contributed by atoms with Gasteiger partial charge in [-0.1, -0.05) is 25.3 Å². The first-order valence-corrected chi connectivity index (χ1v) is 11.2. The quantitative estimate of drug-likeness (QED) is 0.866. The summed E-state index contributed by atoms with van der Waals surface area (Å²) < 4.78 is 28.0. The summed E-state index contributed by atoms with van der Waals surface area (Å²) in [5.74, 6) is 0.728. The molecule has 0 aromatic carbocycles. The lowest BCUT2D eigenvalue weighted by molar-refractivity contribution is -0.132. The number of hydrogen-bond donors (Lipinski definition) is 1. The third kappa shape index (κ3) is 4.58. The number of nitrogens with zero attached hydrogens (tertiary/aromatic N) is 1. The maximum atomic E-state index is 12.6. The average Bonchev–Trinajstić information content (AvgIpc) is 3.19. The number of hydrogen-bond acceptors (Lipinski definition) is 4. The molecule has 1 atom stereocenters. The van der Waals surface area contributed by atoms with Gasteiger partial charge in [0.15, 0.2) is 0 Å². The molecule has 1 N–H and O–H groups in total. The summed E-state index contributed by atoms with van der Waals surface area (Å²) in [5, 5.41) is 1.76. The number of amides is 1. The molecule has 0 radical (unpaired) electrons. The minimum atomic E-state index is -3.47. The number of sulfonamides is 1. The smallest absolute Gasteiger partial charge is 0.250 e. The van der Waals surface area contributed by atoms with Crippen LogP contribution in [0.15, 0.2) is 21.7 Å². The second kappa shape index (κ2) is 7.97. The second-order valence-electron chi connectivity index (χ2n) is 6.94. The molecule has 1 saturated heterocycles. The molecule has 2 heterocycles. The van der Waals surface area contributed by atoms with Crippen molar-refractivity contribution in [2.24, 2.45) is 5.92 Å². The van der Waals surface area contributed by atoms with E-state index in [2.05, 4.69) is 4.72 Å². The number of carbonyl (C=O) groups is 1. The van der Waals surface area contributed by atoms with Crippen molar-refractivity contribution >= 4 is 27.3 Å². The summed E-state index contributed by atoms with van der Waals surface area (Å²) >= 11 is 1.22. The minimum Gasteiger partial charge on any atom is -0.341 e. The highest BCUT2D eigenvalue weighted by Crippen LogP contribution is 2.28. The third-order valence-electron chi connectivity index (χ3n) is 5.04. The highest BCUT2D eigenvalue weighted by molar-refractivity contribution is 7.91. The first kappa shape index (κ1) is 17.9. The van der Waals surface area contributed by atoms with Crippen LogP contribution in [0.1, 0.15) is 51.4 Å². The van der Waals surface area contributed by atoms with Crippen LogP contribution in [0.25, 0.3) is 0 Å². The molecular weight excluding hydrogens is 344 g/mol. The van der Waals surface area contributed by atoms with Crippen molar-refractivity contribution in [2.45, 2.75) is 61.6 Å². The highest BCUT2D eigenvalue weighted by atomic mass is 32.2. The lowest BCUT2D eigenvalue weighted by atomic mass is 10.0. The summed E-state index contributed by atoms with van der Waals surface area (Å²) in [4.78, 5) is 14.5. The van der Waals surface area contributed by atoms with Crippen LogP contribution in [0.5, 0.6) is 0 Å². The lowest BCUT2D eigenvalue weighted by Crippen LogP contribution is -2.44. The van der Waals surface area contributed by atoms with Crippen LogP contribution in [0, 0.1) is 5.92 Å². The van der Waals surface area contributed by atoms with E-state index in [0.717, 1.165) is 38.6 Å². The number of thiophene rings is 1. The molecule has 1 aliphatic heterocycles. The predicted octanol–water partition coefficient (Wildman–Crippen LogP) is 2.99. The van der Waals surface area contributed by atoms with Gasteiger partial charge in [-0.2, -0.15) is 0 Å². The first-order chi connectivity index (χ1) is 11.5. The van der Waals surface area contributed by atoms with E-state index >= 15 is 0 Å². The van der Waals surface area contributed by atoms with Gasteiger partial charge in [0.05, 0.1) is 0 Å². The fourth-order valence-electron chi connectivity index (χ4n) is 3.75. The molecule has 2 fully saturated rings.